The van der Waals surface area contributed by atoms with Crippen molar-refractivity contribution in [1.82, 2.24) is 10.6 Å². The van der Waals surface area contributed by atoms with E-state index in [0.29, 0.717) is 30.8 Å². The Morgan fingerprint density at radius 1 is 1.13 bits per heavy atom. The van der Waals surface area contributed by atoms with Crippen molar-refractivity contribution in [1.29, 1.82) is 0 Å². The molecule has 1 aromatic heterocycles. The van der Waals surface area contributed by atoms with Gasteiger partial charge >= 0.3 is 0 Å². The number of rotatable bonds is 8. The Hall–Kier alpha value is -2.18. The molecule has 0 spiro atoms. The molecule has 23 heavy (non-hydrogen) atoms. The van der Waals surface area contributed by atoms with E-state index in [-0.39, 0.29) is 11.8 Å². The van der Waals surface area contributed by atoms with Crippen LogP contribution in [0.5, 0.6) is 0 Å². The van der Waals surface area contributed by atoms with E-state index in [9.17, 15) is 9.59 Å². The molecule has 0 aliphatic rings. The summed E-state index contributed by atoms with van der Waals surface area (Å²) < 4.78 is 0. The lowest BCUT2D eigenvalue weighted by atomic mass is 10.1. The minimum Gasteiger partial charge on any atom is -0.354 e. The average Bonchev–Trinajstić information content (AvgIpc) is 3.10. The summed E-state index contributed by atoms with van der Waals surface area (Å²) in [7, 11) is 0. The SMILES string of the molecule is NCCCNC(=O)C(Cc1ccccc1)NC(=O)c1cccs1. The van der Waals surface area contributed by atoms with Crippen molar-refractivity contribution in [3.8, 4) is 0 Å². The fraction of sp³-hybridized carbons (Fsp3) is 0.294. The van der Waals surface area contributed by atoms with Crippen LogP contribution in [0.3, 0.4) is 0 Å². The van der Waals surface area contributed by atoms with Gasteiger partial charge in [-0.3, -0.25) is 9.59 Å². The standard InChI is InChI=1S/C17H21N3O2S/c18-9-5-10-19-16(21)14(12-13-6-2-1-3-7-13)20-17(22)15-8-4-11-23-15/h1-4,6-8,11,14H,5,9-10,12,18H2,(H,19,21)(H,20,22). The summed E-state index contributed by atoms with van der Waals surface area (Å²) in [6.07, 6.45) is 1.16. The van der Waals surface area contributed by atoms with Gasteiger partial charge in [-0.25, -0.2) is 0 Å². The third-order valence-corrected chi connectivity index (χ3v) is 4.20. The summed E-state index contributed by atoms with van der Waals surface area (Å²) in [5.74, 6) is -0.415. The van der Waals surface area contributed by atoms with E-state index in [4.69, 9.17) is 5.73 Å². The third kappa shape index (κ3) is 5.50. The number of hydrogen-bond acceptors (Lipinski definition) is 4. The van der Waals surface area contributed by atoms with E-state index < -0.39 is 6.04 Å². The molecule has 2 rings (SSSR count). The summed E-state index contributed by atoms with van der Waals surface area (Å²) in [6.45, 7) is 1.03. The minimum atomic E-state index is -0.607. The van der Waals surface area contributed by atoms with E-state index >= 15 is 0 Å². The van der Waals surface area contributed by atoms with E-state index in [2.05, 4.69) is 10.6 Å². The first-order valence-electron chi connectivity index (χ1n) is 7.57. The topological polar surface area (TPSA) is 84.2 Å². The first-order chi connectivity index (χ1) is 11.2. The van der Waals surface area contributed by atoms with E-state index in [0.717, 1.165) is 5.56 Å². The molecule has 0 saturated heterocycles. The lowest BCUT2D eigenvalue weighted by Crippen LogP contribution is -2.48. The molecule has 5 nitrogen and oxygen atoms in total. The monoisotopic (exact) mass is 331 g/mol. The third-order valence-electron chi connectivity index (χ3n) is 3.33. The van der Waals surface area contributed by atoms with Crippen molar-refractivity contribution in [2.24, 2.45) is 5.73 Å². The number of amides is 2. The van der Waals surface area contributed by atoms with E-state index in [1.54, 1.807) is 6.07 Å². The largest absolute Gasteiger partial charge is 0.354 e. The Morgan fingerprint density at radius 3 is 2.57 bits per heavy atom. The minimum absolute atomic E-state index is 0.188. The molecule has 1 atom stereocenters. The molecule has 2 amide bonds. The molecule has 0 aliphatic carbocycles. The number of thiophene rings is 1. The molecule has 1 heterocycles. The second-order valence-corrected chi connectivity index (χ2v) is 6.07. The molecular weight excluding hydrogens is 310 g/mol. The molecule has 2 aromatic rings. The predicted molar refractivity (Wildman–Crippen MR) is 92.4 cm³/mol. The van der Waals surface area contributed by atoms with Crippen LogP contribution in [0.1, 0.15) is 21.7 Å². The van der Waals surface area contributed by atoms with E-state index in [1.165, 1.54) is 11.3 Å². The highest BCUT2D eigenvalue weighted by Gasteiger charge is 2.21. The molecule has 0 bridgehead atoms. The maximum atomic E-state index is 12.4. The van der Waals surface area contributed by atoms with Crippen LogP contribution in [-0.4, -0.2) is 30.9 Å². The number of hydrogen-bond donors (Lipinski definition) is 3. The van der Waals surface area contributed by atoms with Crippen LogP contribution < -0.4 is 16.4 Å². The Bertz CT molecular complexity index is 614. The lowest BCUT2D eigenvalue weighted by molar-refractivity contribution is -0.122. The van der Waals surface area contributed by atoms with Crippen molar-refractivity contribution in [3.63, 3.8) is 0 Å². The van der Waals surface area contributed by atoms with Gasteiger partial charge in [0.15, 0.2) is 0 Å². The smallest absolute Gasteiger partial charge is 0.262 e. The molecule has 6 heteroatoms. The van der Waals surface area contributed by atoms with Crippen molar-refractivity contribution in [2.45, 2.75) is 18.9 Å². The number of nitrogens with one attached hydrogen (secondary N) is 2. The predicted octanol–water partition coefficient (Wildman–Crippen LogP) is 1.55. The van der Waals surface area contributed by atoms with Crippen molar-refractivity contribution in [2.75, 3.05) is 13.1 Å². The van der Waals surface area contributed by atoms with Crippen LogP contribution in [0.25, 0.3) is 0 Å². The quantitative estimate of drug-likeness (QED) is 0.642. The average molecular weight is 331 g/mol. The van der Waals surface area contributed by atoms with Gasteiger partial charge in [0.2, 0.25) is 5.91 Å². The van der Waals surface area contributed by atoms with Crippen molar-refractivity contribution < 1.29 is 9.59 Å². The summed E-state index contributed by atoms with van der Waals surface area (Å²) in [6, 6.07) is 12.6. The molecule has 1 aromatic carbocycles. The molecule has 4 N–H and O–H groups in total. The molecule has 0 aliphatic heterocycles. The maximum absolute atomic E-state index is 12.4. The number of benzene rings is 1. The zero-order valence-corrected chi connectivity index (χ0v) is 13.6. The van der Waals surface area contributed by atoms with Crippen molar-refractivity contribution in [3.05, 3.63) is 58.3 Å². The summed E-state index contributed by atoms with van der Waals surface area (Å²) in [4.78, 5) is 25.2. The van der Waals surface area contributed by atoms with Gasteiger partial charge in [-0.1, -0.05) is 36.4 Å². The van der Waals surface area contributed by atoms with Gasteiger partial charge in [-0.05, 0) is 30.0 Å². The molecule has 0 fully saturated rings. The highest BCUT2D eigenvalue weighted by Crippen LogP contribution is 2.10. The Kier molecular flexibility index (Phi) is 6.77. The van der Waals surface area contributed by atoms with Crippen LogP contribution in [0.15, 0.2) is 47.8 Å². The Morgan fingerprint density at radius 2 is 1.91 bits per heavy atom. The van der Waals surface area contributed by atoms with Gasteiger partial charge in [0, 0.05) is 13.0 Å². The molecular formula is C17H21N3O2S. The van der Waals surface area contributed by atoms with Gasteiger partial charge in [0.25, 0.3) is 5.91 Å². The van der Waals surface area contributed by atoms with Crippen molar-refractivity contribution >= 4 is 23.2 Å². The molecule has 1 unspecified atom stereocenters. The second kappa shape index (κ2) is 9.07. The number of carbonyl (C=O) groups is 2. The summed E-state index contributed by atoms with van der Waals surface area (Å²) >= 11 is 1.35. The molecule has 0 radical (unpaired) electrons. The van der Waals surface area contributed by atoms with Crippen LogP contribution in [0.4, 0.5) is 0 Å². The Balaban J connectivity index is 2.04. The first kappa shape index (κ1) is 17.2. The molecule has 0 saturated carbocycles. The van der Waals surface area contributed by atoms with Gasteiger partial charge in [0.1, 0.15) is 6.04 Å². The summed E-state index contributed by atoms with van der Waals surface area (Å²) in [5, 5.41) is 7.48. The number of carbonyl (C=O) groups excluding carboxylic acids is 2. The highest BCUT2D eigenvalue weighted by molar-refractivity contribution is 7.12. The van der Waals surface area contributed by atoms with E-state index in [1.807, 2.05) is 41.8 Å². The lowest BCUT2D eigenvalue weighted by Gasteiger charge is -2.18. The zero-order chi connectivity index (χ0) is 16.5. The maximum Gasteiger partial charge on any atom is 0.262 e. The van der Waals surface area contributed by atoms with Gasteiger partial charge in [0.05, 0.1) is 4.88 Å². The Labute approximate surface area is 139 Å². The first-order valence-corrected chi connectivity index (χ1v) is 8.44. The van der Waals surface area contributed by atoms with Gasteiger partial charge < -0.3 is 16.4 Å². The second-order valence-electron chi connectivity index (χ2n) is 5.13. The van der Waals surface area contributed by atoms with Gasteiger partial charge in [-0.15, -0.1) is 11.3 Å². The summed E-state index contributed by atoms with van der Waals surface area (Å²) in [5.41, 5.74) is 6.44. The zero-order valence-electron chi connectivity index (χ0n) is 12.8. The van der Waals surface area contributed by atoms with Crippen LogP contribution >= 0.6 is 11.3 Å². The fourth-order valence-corrected chi connectivity index (χ4v) is 2.76. The van der Waals surface area contributed by atoms with Crippen LogP contribution in [0, 0.1) is 0 Å². The fourth-order valence-electron chi connectivity index (χ4n) is 2.13. The normalized spacial score (nSPS) is 11.7. The van der Waals surface area contributed by atoms with Crippen LogP contribution in [-0.2, 0) is 11.2 Å². The van der Waals surface area contributed by atoms with Crippen LogP contribution in [0.2, 0.25) is 0 Å². The number of nitrogens with two attached hydrogens (primary N) is 1. The van der Waals surface area contributed by atoms with Gasteiger partial charge in [-0.2, -0.15) is 0 Å². The molecule has 122 valence electrons. The highest BCUT2D eigenvalue weighted by atomic mass is 32.1.